The summed E-state index contributed by atoms with van der Waals surface area (Å²) >= 11 is 1.68. The van der Waals surface area contributed by atoms with Crippen LogP contribution < -0.4 is 5.32 Å². The van der Waals surface area contributed by atoms with E-state index in [1.54, 1.807) is 11.3 Å². The van der Waals surface area contributed by atoms with E-state index in [1.807, 2.05) is 18.4 Å². The van der Waals surface area contributed by atoms with Gasteiger partial charge in [-0.1, -0.05) is 23.4 Å². The molecule has 0 aliphatic carbocycles. The fourth-order valence-electron chi connectivity index (χ4n) is 3.86. The van der Waals surface area contributed by atoms with Gasteiger partial charge in [-0.2, -0.15) is 18.2 Å². The van der Waals surface area contributed by atoms with Gasteiger partial charge in [-0.25, -0.2) is 0 Å². The molecule has 0 bridgehead atoms. The molecular weight excluding hydrogens is 467 g/mol. The van der Waals surface area contributed by atoms with Gasteiger partial charge in [0.15, 0.2) is 0 Å². The number of thiophene rings is 1. The molecule has 1 saturated heterocycles. The molecule has 1 aliphatic heterocycles. The fraction of sp³-hybridized carbons (Fsp3) is 0.435. The van der Waals surface area contributed by atoms with Gasteiger partial charge in [0, 0.05) is 43.2 Å². The number of benzene rings is 1. The molecule has 4 rings (SSSR count). The van der Waals surface area contributed by atoms with Crippen LogP contribution >= 0.6 is 11.3 Å². The number of alkyl halides is 3. The number of amides is 1. The number of hydrogen-bond donors (Lipinski definition) is 1. The first-order chi connectivity index (χ1) is 16.3. The molecule has 1 aromatic carbocycles. The zero-order valence-corrected chi connectivity index (χ0v) is 19.5. The second-order valence-electron chi connectivity index (χ2n) is 8.20. The van der Waals surface area contributed by atoms with Crippen molar-refractivity contribution in [2.24, 2.45) is 0 Å². The van der Waals surface area contributed by atoms with Crippen LogP contribution in [0.3, 0.4) is 0 Å². The molecule has 0 spiro atoms. The summed E-state index contributed by atoms with van der Waals surface area (Å²) in [4.78, 5) is 22.1. The Kier molecular flexibility index (Phi) is 7.64. The van der Waals surface area contributed by atoms with Gasteiger partial charge < -0.3 is 9.84 Å². The van der Waals surface area contributed by atoms with Crippen LogP contribution in [0.5, 0.6) is 0 Å². The summed E-state index contributed by atoms with van der Waals surface area (Å²) in [5.41, 5.74) is -0.497. The topological polar surface area (TPSA) is 74.5 Å². The quantitative estimate of drug-likeness (QED) is 0.514. The van der Waals surface area contributed by atoms with E-state index in [1.165, 1.54) is 17.0 Å². The van der Waals surface area contributed by atoms with Gasteiger partial charge in [0.1, 0.15) is 0 Å². The Balaban J connectivity index is 1.26. The van der Waals surface area contributed by atoms with Gasteiger partial charge in [-0.15, -0.1) is 11.3 Å². The smallest absolute Gasteiger partial charge is 0.355 e. The zero-order chi connectivity index (χ0) is 24.1. The number of aromatic nitrogens is 2. The van der Waals surface area contributed by atoms with Crippen LogP contribution in [0.4, 0.5) is 13.2 Å². The first-order valence-corrected chi connectivity index (χ1v) is 11.9. The van der Waals surface area contributed by atoms with Crippen LogP contribution in [-0.4, -0.2) is 65.1 Å². The molecule has 0 unspecified atom stereocenters. The average Bonchev–Trinajstić information content (AvgIpc) is 3.51. The highest BCUT2D eigenvalue weighted by Gasteiger charge is 2.31. The highest BCUT2D eigenvalue weighted by molar-refractivity contribution is 7.09. The minimum atomic E-state index is -4.43. The number of hydrogen-bond acceptors (Lipinski definition) is 7. The van der Waals surface area contributed by atoms with E-state index in [0.717, 1.165) is 31.6 Å². The molecule has 2 aromatic heterocycles. The zero-order valence-electron chi connectivity index (χ0n) is 18.7. The predicted octanol–water partition coefficient (Wildman–Crippen LogP) is 3.85. The molecule has 3 heterocycles. The molecule has 0 saturated carbocycles. The molecule has 182 valence electrons. The maximum atomic E-state index is 13.0. The number of nitrogens with one attached hydrogen (secondary N) is 1. The molecule has 7 nitrogen and oxygen atoms in total. The SMILES string of the molecule is C[C@@H](c1nc(-c2cccc(C(F)(F)F)c2)no1)N1CCN(CC(=O)NCCc2cccs2)CC1. The van der Waals surface area contributed by atoms with E-state index in [-0.39, 0.29) is 23.3 Å². The van der Waals surface area contributed by atoms with Gasteiger partial charge in [-0.3, -0.25) is 14.6 Å². The van der Waals surface area contributed by atoms with Crippen molar-refractivity contribution in [2.75, 3.05) is 39.3 Å². The molecule has 3 aromatic rings. The monoisotopic (exact) mass is 493 g/mol. The second-order valence-corrected chi connectivity index (χ2v) is 9.23. The number of halogens is 3. The lowest BCUT2D eigenvalue weighted by atomic mass is 10.1. The van der Waals surface area contributed by atoms with Gasteiger partial charge in [0.05, 0.1) is 18.2 Å². The number of piperazine rings is 1. The maximum absolute atomic E-state index is 13.0. The van der Waals surface area contributed by atoms with Crippen molar-refractivity contribution in [1.82, 2.24) is 25.3 Å². The second kappa shape index (κ2) is 10.7. The molecule has 1 N–H and O–H groups in total. The van der Waals surface area contributed by atoms with Crippen LogP contribution in [0.15, 0.2) is 46.3 Å². The Hall–Kier alpha value is -2.76. The number of carbonyl (C=O) groups excluding carboxylic acids is 1. The van der Waals surface area contributed by atoms with Crippen molar-refractivity contribution in [2.45, 2.75) is 25.6 Å². The summed E-state index contributed by atoms with van der Waals surface area (Å²) in [7, 11) is 0. The fourth-order valence-corrected chi connectivity index (χ4v) is 4.57. The van der Waals surface area contributed by atoms with Crippen LogP contribution in [0.1, 0.15) is 29.3 Å². The molecule has 11 heteroatoms. The summed E-state index contributed by atoms with van der Waals surface area (Å²) in [6.45, 7) is 5.77. The Morgan fingerprint density at radius 2 is 2.00 bits per heavy atom. The van der Waals surface area contributed by atoms with Crippen molar-refractivity contribution >= 4 is 17.2 Å². The minimum Gasteiger partial charge on any atom is -0.355 e. The average molecular weight is 494 g/mol. The largest absolute Gasteiger partial charge is 0.416 e. The van der Waals surface area contributed by atoms with Crippen LogP contribution in [0.2, 0.25) is 0 Å². The number of carbonyl (C=O) groups is 1. The Morgan fingerprint density at radius 1 is 1.21 bits per heavy atom. The summed E-state index contributed by atoms with van der Waals surface area (Å²) in [6.07, 6.45) is -3.60. The van der Waals surface area contributed by atoms with Gasteiger partial charge >= 0.3 is 6.18 Å². The van der Waals surface area contributed by atoms with Gasteiger partial charge in [0.2, 0.25) is 17.6 Å². The van der Waals surface area contributed by atoms with E-state index in [4.69, 9.17) is 4.52 Å². The standard InChI is InChI=1S/C23H26F3N5O2S/c1-16(22-28-21(29-33-22)17-4-2-5-18(14-17)23(24,25)26)31-11-9-30(10-12-31)15-20(32)27-8-7-19-6-3-13-34-19/h2-6,13-14,16H,7-12,15H2,1H3,(H,27,32)/t16-/m0/s1. The number of rotatable bonds is 8. The van der Waals surface area contributed by atoms with Crippen molar-refractivity contribution in [3.63, 3.8) is 0 Å². The Labute approximate surface area is 199 Å². The van der Waals surface area contributed by atoms with Gasteiger partial charge in [0.25, 0.3) is 0 Å². The molecule has 1 aliphatic rings. The third-order valence-electron chi connectivity index (χ3n) is 5.84. The predicted molar refractivity (Wildman–Crippen MR) is 122 cm³/mol. The van der Waals surface area contributed by atoms with Crippen molar-refractivity contribution in [3.8, 4) is 11.4 Å². The van der Waals surface area contributed by atoms with Gasteiger partial charge in [-0.05, 0) is 36.9 Å². The van der Waals surface area contributed by atoms with E-state index >= 15 is 0 Å². The summed E-state index contributed by atoms with van der Waals surface area (Å²) in [5.74, 6) is 0.499. The van der Waals surface area contributed by atoms with Crippen LogP contribution in [0, 0.1) is 0 Å². The van der Waals surface area contributed by atoms with E-state index in [9.17, 15) is 18.0 Å². The summed E-state index contributed by atoms with van der Waals surface area (Å²) in [6, 6.07) is 8.76. The first kappa shape index (κ1) is 24.4. The molecular formula is C23H26F3N5O2S. The lowest BCUT2D eigenvalue weighted by molar-refractivity contribution is -0.137. The van der Waals surface area contributed by atoms with Crippen LogP contribution in [-0.2, 0) is 17.4 Å². The van der Waals surface area contributed by atoms with E-state index in [0.29, 0.717) is 32.1 Å². The third kappa shape index (κ3) is 6.22. The first-order valence-electron chi connectivity index (χ1n) is 11.1. The molecule has 1 fully saturated rings. The summed E-state index contributed by atoms with van der Waals surface area (Å²) < 4.78 is 44.3. The summed E-state index contributed by atoms with van der Waals surface area (Å²) in [5, 5.41) is 8.88. The molecule has 0 radical (unpaired) electrons. The third-order valence-corrected chi connectivity index (χ3v) is 6.78. The normalized spacial score (nSPS) is 16.5. The van der Waals surface area contributed by atoms with Crippen molar-refractivity contribution in [3.05, 3.63) is 58.1 Å². The molecule has 1 amide bonds. The van der Waals surface area contributed by atoms with Crippen molar-refractivity contribution in [1.29, 1.82) is 0 Å². The number of nitrogens with zero attached hydrogens (tertiary/aromatic N) is 4. The van der Waals surface area contributed by atoms with E-state index < -0.39 is 11.7 Å². The minimum absolute atomic E-state index is 0.0145. The molecule has 34 heavy (non-hydrogen) atoms. The lowest BCUT2D eigenvalue weighted by Crippen LogP contribution is -2.50. The molecule has 1 atom stereocenters. The van der Waals surface area contributed by atoms with E-state index in [2.05, 4.69) is 31.3 Å². The highest BCUT2D eigenvalue weighted by Crippen LogP contribution is 2.32. The maximum Gasteiger partial charge on any atom is 0.416 e. The Bertz CT molecular complexity index is 1080. The van der Waals surface area contributed by atoms with Crippen LogP contribution in [0.25, 0.3) is 11.4 Å². The van der Waals surface area contributed by atoms with Crippen molar-refractivity contribution < 1.29 is 22.5 Å². The Morgan fingerprint density at radius 3 is 2.71 bits per heavy atom. The lowest BCUT2D eigenvalue weighted by Gasteiger charge is -2.36. The highest BCUT2D eigenvalue weighted by atomic mass is 32.1.